The Labute approximate surface area is 143 Å². The molecule has 0 spiro atoms. The standard InChI is InChI=1S/C18H18F2N4O/c1-10(16(25)12-6-5-11(19)9-13(12)20)14-7-8-15-21-22-17(18(2,3)4)24(15)23-14/h5-10H,1-4H3. The molecule has 1 unspecified atom stereocenters. The lowest BCUT2D eigenvalue weighted by Gasteiger charge is -2.16. The summed E-state index contributed by atoms with van der Waals surface area (Å²) in [7, 11) is 0. The largest absolute Gasteiger partial charge is 0.293 e. The first-order valence-electron chi connectivity index (χ1n) is 7.90. The third-order valence-electron chi connectivity index (χ3n) is 3.99. The highest BCUT2D eigenvalue weighted by molar-refractivity contribution is 6.00. The monoisotopic (exact) mass is 344 g/mol. The molecule has 0 N–H and O–H groups in total. The number of ketones is 1. The summed E-state index contributed by atoms with van der Waals surface area (Å²) >= 11 is 0. The molecule has 0 saturated carbocycles. The first kappa shape index (κ1) is 17.1. The summed E-state index contributed by atoms with van der Waals surface area (Å²) in [4.78, 5) is 12.6. The van der Waals surface area contributed by atoms with E-state index in [0.29, 0.717) is 23.2 Å². The number of nitrogens with zero attached hydrogens (tertiary/aromatic N) is 4. The highest BCUT2D eigenvalue weighted by Gasteiger charge is 2.25. The molecule has 0 saturated heterocycles. The van der Waals surface area contributed by atoms with Gasteiger partial charge in [0.1, 0.15) is 11.6 Å². The molecule has 3 rings (SSSR count). The van der Waals surface area contributed by atoms with Crippen molar-refractivity contribution in [2.24, 2.45) is 0 Å². The van der Waals surface area contributed by atoms with Crippen LogP contribution in [0.15, 0.2) is 30.3 Å². The molecule has 5 nitrogen and oxygen atoms in total. The quantitative estimate of drug-likeness (QED) is 0.680. The van der Waals surface area contributed by atoms with E-state index in [-0.39, 0.29) is 11.0 Å². The van der Waals surface area contributed by atoms with Crippen LogP contribution in [0.1, 0.15) is 55.5 Å². The third-order valence-corrected chi connectivity index (χ3v) is 3.99. The minimum Gasteiger partial charge on any atom is -0.293 e. The third kappa shape index (κ3) is 3.14. The Morgan fingerprint density at radius 2 is 1.84 bits per heavy atom. The number of hydrogen-bond donors (Lipinski definition) is 0. The van der Waals surface area contributed by atoms with Crippen molar-refractivity contribution in [3.63, 3.8) is 0 Å². The number of hydrogen-bond acceptors (Lipinski definition) is 4. The Morgan fingerprint density at radius 1 is 1.12 bits per heavy atom. The Hall–Kier alpha value is -2.70. The zero-order valence-corrected chi connectivity index (χ0v) is 14.4. The maximum absolute atomic E-state index is 13.9. The van der Waals surface area contributed by atoms with Crippen LogP contribution in [-0.2, 0) is 5.41 Å². The first-order chi connectivity index (χ1) is 11.7. The van der Waals surface area contributed by atoms with Crippen molar-refractivity contribution >= 4 is 11.4 Å². The molecule has 1 aromatic carbocycles. The Kier molecular flexibility index (Phi) is 4.10. The summed E-state index contributed by atoms with van der Waals surface area (Å²) in [6, 6.07) is 6.31. The van der Waals surface area contributed by atoms with E-state index in [2.05, 4.69) is 15.3 Å². The molecule has 2 heterocycles. The van der Waals surface area contributed by atoms with Crippen LogP contribution in [0.5, 0.6) is 0 Å². The van der Waals surface area contributed by atoms with Crippen molar-refractivity contribution in [1.82, 2.24) is 19.8 Å². The summed E-state index contributed by atoms with van der Waals surface area (Å²) in [5.74, 6) is -2.09. The van der Waals surface area contributed by atoms with Crippen molar-refractivity contribution in [3.05, 3.63) is 59.0 Å². The molecule has 7 heteroatoms. The smallest absolute Gasteiger partial charge is 0.177 e. The highest BCUT2D eigenvalue weighted by atomic mass is 19.1. The second-order valence-electron chi connectivity index (χ2n) is 7.01. The van der Waals surface area contributed by atoms with Gasteiger partial charge in [-0.25, -0.2) is 8.78 Å². The lowest BCUT2D eigenvalue weighted by Crippen LogP contribution is -2.19. The van der Waals surface area contributed by atoms with Gasteiger partial charge >= 0.3 is 0 Å². The maximum atomic E-state index is 13.9. The van der Waals surface area contributed by atoms with E-state index in [4.69, 9.17) is 0 Å². The molecule has 1 atom stereocenters. The topological polar surface area (TPSA) is 60.2 Å². The maximum Gasteiger partial charge on any atom is 0.177 e. The molecule has 3 aromatic rings. The van der Waals surface area contributed by atoms with Crippen LogP contribution < -0.4 is 0 Å². The zero-order chi connectivity index (χ0) is 18.4. The lowest BCUT2D eigenvalue weighted by molar-refractivity contribution is 0.0960. The lowest BCUT2D eigenvalue weighted by atomic mass is 9.95. The van der Waals surface area contributed by atoms with Gasteiger partial charge in [-0.1, -0.05) is 20.8 Å². The Morgan fingerprint density at radius 3 is 2.48 bits per heavy atom. The SMILES string of the molecule is CC(C(=O)c1ccc(F)cc1F)c1ccc2nnc(C(C)(C)C)n2n1. The number of Topliss-reactive ketones (excluding diaryl/α,β-unsaturated/α-hetero) is 1. The van der Waals surface area contributed by atoms with Crippen LogP contribution in [0.25, 0.3) is 5.65 Å². The predicted octanol–water partition coefficient (Wildman–Crippen LogP) is 3.69. The molecule has 0 bridgehead atoms. The molecule has 0 amide bonds. The average Bonchev–Trinajstić information content (AvgIpc) is 2.96. The van der Waals surface area contributed by atoms with Crippen molar-refractivity contribution in [1.29, 1.82) is 0 Å². The van der Waals surface area contributed by atoms with Gasteiger partial charge in [-0.3, -0.25) is 4.79 Å². The fraction of sp³-hybridized carbons (Fsp3) is 0.333. The predicted molar refractivity (Wildman–Crippen MR) is 88.6 cm³/mol. The van der Waals surface area contributed by atoms with E-state index in [1.807, 2.05) is 20.8 Å². The van der Waals surface area contributed by atoms with Crippen molar-refractivity contribution in [2.45, 2.75) is 39.0 Å². The van der Waals surface area contributed by atoms with Gasteiger partial charge in [0.15, 0.2) is 17.3 Å². The minimum absolute atomic E-state index is 0.157. The van der Waals surface area contributed by atoms with Gasteiger partial charge in [-0.2, -0.15) is 9.61 Å². The average molecular weight is 344 g/mol. The van der Waals surface area contributed by atoms with E-state index >= 15 is 0 Å². The Bertz CT molecular complexity index is 959. The highest BCUT2D eigenvalue weighted by Crippen LogP contribution is 2.24. The van der Waals surface area contributed by atoms with Gasteiger partial charge in [-0.15, -0.1) is 10.2 Å². The molecule has 0 aliphatic rings. The normalized spacial score (nSPS) is 13.2. The van der Waals surface area contributed by atoms with Crippen LogP contribution in [0.2, 0.25) is 0 Å². The summed E-state index contributed by atoms with van der Waals surface area (Å²) in [5, 5.41) is 12.7. The molecule has 2 aromatic heterocycles. The number of halogens is 2. The summed E-state index contributed by atoms with van der Waals surface area (Å²) in [6.45, 7) is 7.60. The number of carbonyl (C=O) groups excluding carboxylic acids is 1. The van der Waals surface area contributed by atoms with Gasteiger partial charge in [-0.05, 0) is 31.2 Å². The van der Waals surface area contributed by atoms with Crippen LogP contribution in [0, 0.1) is 11.6 Å². The van der Waals surface area contributed by atoms with E-state index in [9.17, 15) is 13.6 Å². The molecule has 0 aliphatic carbocycles. The molecule has 0 aliphatic heterocycles. The van der Waals surface area contributed by atoms with Crippen LogP contribution in [0.3, 0.4) is 0 Å². The van der Waals surface area contributed by atoms with E-state index in [0.717, 1.165) is 12.1 Å². The van der Waals surface area contributed by atoms with Gasteiger partial charge in [0.25, 0.3) is 0 Å². The number of fused-ring (bicyclic) bond motifs is 1. The second-order valence-corrected chi connectivity index (χ2v) is 7.01. The van der Waals surface area contributed by atoms with Gasteiger partial charge in [0, 0.05) is 11.5 Å². The fourth-order valence-corrected chi connectivity index (χ4v) is 2.56. The van der Waals surface area contributed by atoms with Crippen molar-refractivity contribution in [3.8, 4) is 0 Å². The Balaban J connectivity index is 2.02. The van der Waals surface area contributed by atoms with Crippen LogP contribution in [-0.4, -0.2) is 25.6 Å². The van der Waals surface area contributed by atoms with Gasteiger partial charge in [0.2, 0.25) is 0 Å². The number of rotatable bonds is 3. The molecular weight excluding hydrogens is 326 g/mol. The van der Waals surface area contributed by atoms with Gasteiger partial charge in [0.05, 0.1) is 17.2 Å². The van der Waals surface area contributed by atoms with Crippen LogP contribution >= 0.6 is 0 Å². The van der Waals surface area contributed by atoms with E-state index in [1.165, 1.54) is 0 Å². The summed E-state index contributed by atoms with van der Waals surface area (Å²) < 4.78 is 28.5. The molecule has 130 valence electrons. The molecule has 0 fully saturated rings. The first-order valence-corrected chi connectivity index (χ1v) is 7.90. The van der Waals surface area contributed by atoms with Crippen molar-refractivity contribution in [2.75, 3.05) is 0 Å². The summed E-state index contributed by atoms with van der Waals surface area (Å²) in [6.07, 6.45) is 0. The van der Waals surface area contributed by atoms with E-state index in [1.54, 1.807) is 23.6 Å². The number of benzene rings is 1. The fourth-order valence-electron chi connectivity index (χ4n) is 2.56. The van der Waals surface area contributed by atoms with Crippen LogP contribution in [0.4, 0.5) is 8.78 Å². The second kappa shape index (κ2) is 5.98. The molecule has 0 radical (unpaired) electrons. The summed E-state index contributed by atoms with van der Waals surface area (Å²) in [5.41, 5.74) is 0.602. The number of carbonyl (C=O) groups is 1. The number of aromatic nitrogens is 4. The minimum atomic E-state index is -0.877. The zero-order valence-electron chi connectivity index (χ0n) is 14.4. The van der Waals surface area contributed by atoms with E-state index < -0.39 is 23.3 Å². The molecule has 25 heavy (non-hydrogen) atoms. The van der Waals surface area contributed by atoms with Crippen molar-refractivity contribution < 1.29 is 13.6 Å². The molecular formula is C18H18F2N4O. The van der Waals surface area contributed by atoms with Gasteiger partial charge < -0.3 is 0 Å².